The van der Waals surface area contributed by atoms with Gasteiger partial charge in [0.15, 0.2) is 6.29 Å². The van der Waals surface area contributed by atoms with E-state index >= 15 is 0 Å². The first-order chi connectivity index (χ1) is 32.2. The van der Waals surface area contributed by atoms with E-state index in [4.69, 9.17) is 9.47 Å². The van der Waals surface area contributed by atoms with Crippen LogP contribution in [0.5, 0.6) is 0 Å². The molecule has 9 atom stereocenters. The number of allylic oxidation sites excluding steroid dienone is 2. The summed E-state index contributed by atoms with van der Waals surface area (Å²) in [4.78, 5) is 13.1. The molecule has 1 rings (SSSR count). The van der Waals surface area contributed by atoms with E-state index in [0.717, 1.165) is 38.5 Å². The average Bonchev–Trinajstić information content (AvgIpc) is 3.32. The molecule has 9 unspecified atom stereocenters. The van der Waals surface area contributed by atoms with Gasteiger partial charge in [0, 0.05) is 0 Å². The van der Waals surface area contributed by atoms with Crippen LogP contribution in [-0.2, 0) is 14.3 Å². The predicted molar refractivity (Wildman–Crippen MR) is 270 cm³/mol. The van der Waals surface area contributed by atoms with Crippen molar-refractivity contribution in [2.75, 3.05) is 13.2 Å². The summed E-state index contributed by atoms with van der Waals surface area (Å²) in [5.74, 6) is -0.703. The maximum atomic E-state index is 13.1. The van der Waals surface area contributed by atoms with Gasteiger partial charge < -0.3 is 50.5 Å². The molecule has 0 aromatic rings. The van der Waals surface area contributed by atoms with Gasteiger partial charge in [0.1, 0.15) is 36.6 Å². The van der Waals surface area contributed by atoms with Gasteiger partial charge in [-0.2, -0.15) is 0 Å². The second kappa shape index (κ2) is 45.0. The number of hydrogen-bond donors (Lipinski definition) is 8. The standard InChI is InChI=1S/C55H107NO10/c1-3-5-7-9-11-13-15-16-17-18-19-20-21-22-23-24-25-26-27-28-29-30-31-32-33-35-37-39-41-43-48(59)54(64)56-46(45-65-55-53(63)52(62)51(61)49(44-57)66-55)50(60)47(58)42-40-38-36-34-14-12-10-8-6-4-2/h34,36,46-53,55,57-63H,3-33,35,37-45H2,1-2H3,(H,56,64)/b36-34+. The van der Waals surface area contributed by atoms with Crippen molar-refractivity contribution in [1.29, 1.82) is 0 Å². The van der Waals surface area contributed by atoms with Crippen LogP contribution in [0.25, 0.3) is 0 Å². The Balaban J connectivity index is 2.19. The van der Waals surface area contributed by atoms with E-state index in [2.05, 4.69) is 31.3 Å². The fraction of sp³-hybridized carbons (Fsp3) is 0.945. The van der Waals surface area contributed by atoms with Crippen molar-refractivity contribution in [2.24, 2.45) is 0 Å². The number of nitrogens with one attached hydrogen (secondary N) is 1. The van der Waals surface area contributed by atoms with Crippen LogP contribution in [0.1, 0.15) is 264 Å². The Bertz CT molecular complexity index is 1080. The van der Waals surface area contributed by atoms with E-state index in [1.165, 1.54) is 186 Å². The van der Waals surface area contributed by atoms with Gasteiger partial charge in [-0.3, -0.25) is 4.79 Å². The van der Waals surface area contributed by atoms with E-state index in [0.29, 0.717) is 12.8 Å². The third kappa shape index (κ3) is 33.4. The molecule has 0 spiro atoms. The highest BCUT2D eigenvalue weighted by Gasteiger charge is 2.44. The SMILES string of the molecule is CCCCCCC/C=C/CCCC(O)C(O)C(COC1OC(CO)C(O)C(O)C1O)NC(=O)C(O)CCCCCCCCCCCCCCCCCCCCCCCCCCCCCCC. The molecule has 0 saturated carbocycles. The minimum Gasteiger partial charge on any atom is -0.394 e. The molecule has 1 amide bonds. The number of unbranched alkanes of at least 4 members (excludes halogenated alkanes) is 34. The zero-order valence-corrected chi connectivity index (χ0v) is 42.7. The molecule has 0 aromatic heterocycles. The summed E-state index contributed by atoms with van der Waals surface area (Å²) in [7, 11) is 0. The van der Waals surface area contributed by atoms with Crippen molar-refractivity contribution < 1.29 is 50.0 Å². The van der Waals surface area contributed by atoms with Gasteiger partial charge in [0.05, 0.1) is 25.4 Å². The highest BCUT2D eigenvalue weighted by molar-refractivity contribution is 5.80. The summed E-state index contributed by atoms with van der Waals surface area (Å²) in [5, 5.41) is 75.7. The van der Waals surface area contributed by atoms with E-state index in [-0.39, 0.29) is 12.8 Å². The molecule has 8 N–H and O–H groups in total. The Labute approximate surface area is 404 Å². The molecule has 1 aliphatic rings. The van der Waals surface area contributed by atoms with Crippen LogP contribution in [0.15, 0.2) is 12.2 Å². The fourth-order valence-electron chi connectivity index (χ4n) is 9.21. The van der Waals surface area contributed by atoms with Crippen molar-refractivity contribution in [3.8, 4) is 0 Å². The smallest absolute Gasteiger partial charge is 0.249 e. The molecule has 1 fully saturated rings. The molecule has 66 heavy (non-hydrogen) atoms. The van der Waals surface area contributed by atoms with Gasteiger partial charge in [0.25, 0.3) is 0 Å². The van der Waals surface area contributed by atoms with Crippen LogP contribution < -0.4 is 5.32 Å². The highest BCUT2D eigenvalue weighted by Crippen LogP contribution is 2.23. The average molecular weight is 942 g/mol. The van der Waals surface area contributed by atoms with Crippen LogP contribution in [0.3, 0.4) is 0 Å². The summed E-state index contributed by atoms with van der Waals surface area (Å²) in [6.45, 7) is 3.42. The van der Waals surface area contributed by atoms with Crippen molar-refractivity contribution in [3.05, 3.63) is 12.2 Å². The second-order valence-corrected chi connectivity index (χ2v) is 20.0. The maximum absolute atomic E-state index is 13.1. The topological polar surface area (TPSA) is 189 Å². The number of aliphatic hydroxyl groups excluding tert-OH is 7. The molecule has 0 bridgehead atoms. The van der Waals surface area contributed by atoms with Crippen LogP contribution in [0.4, 0.5) is 0 Å². The predicted octanol–water partition coefficient (Wildman–Crippen LogP) is 11.2. The van der Waals surface area contributed by atoms with Gasteiger partial charge in [-0.15, -0.1) is 0 Å². The molecule has 1 aliphatic heterocycles. The first-order valence-electron chi connectivity index (χ1n) is 28.1. The maximum Gasteiger partial charge on any atom is 0.249 e. The molecule has 11 heteroatoms. The largest absolute Gasteiger partial charge is 0.394 e. The number of rotatable bonds is 48. The van der Waals surface area contributed by atoms with Crippen molar-refractivity contribution >= 4 is 5.91 Å². The first kappa shape index (κ1) is 62.9. The number of carbonyl (C=O) groups excluding carboxylic acids is 1. The normalized spacial score (nSPS) is 20.8. The lowest BCUT2D eigenvalue weighted by molar-refractivity contribution is -0.303. The molecule has 1 heterocycles. The molecule has 0 aliphatic carbocycles. The Morgan fingerprint density at radius 3 is 1.30 bits per heavy atom. The van der Waals surface area contributed by atoms with E-state index in [1.807, 2.05) is 0 Å². The molecule has 392 valence electrons. The minimum atomic E-state index is -1.66. The zero-order chi connectivity index (χ0) is 48.3. The van der Waals surface area contributed by atoms with Crippen LogP contribution in [0.2, 0.25) is 0 Å². The highest BCUT2D eigenvalue weighted by atomic mass is 16.7. The monoisotopic (exact) mass is 942 g/mol. The fourth-order valence-corrected chi connectivity index (χ4v) is 9.21. The summed E-state index contributed by atoms with van der Waals surface area (Å²) in [5.41, 5.74) is 0. The van der Waals surface area contributed by atoms with E-state index < -0.39 is 74.2 Å². The summed E-state index contributed by atoms with van der Waals surface area (Å²) in [6.07, 6.45) is 40.2. The summed E-state index contributed by atoms with van der Waals surface area (Å²) in [6, 6.07) is -1.18. The molecule has 11 nitrogen and oxygen atoms in total. The molecule has 1 saturated heterocycles. The molecule has 0 aromatic carbocycles. The van der Waals surface area contributed by atoms with Gasteiger partial charge in [-0.05, 0) is 38.5 Å². The van der Waals surface area contributed by atoms with Crippen molar-refractivity contribution in [3.63, 3.8) is 0 Å². The lowest BCUT2D eigenvalue weighted by atomic mass is 9.98. The number of aliphatic hydroxyl groups is 7. The third-order valence-electron chi connectivity index (χ3n) is 13.8. The van der Waals surface area contributed by atoms with Crippen molar-refractivity contribution in [1.82, 2.24) is 5.32 Å². The molecular weight excluding hydrogens is 835 g/mol. The van der Waals surface area contributed by atoms with Gasteiger partial charge in [-0.1, -0.05) is 238 Å². The number of ether oxygens (including phenoxy) is 2. The number of hydrogen-bond acceptors (Lipinski definition) is 10. The Kier molecular flexibility index (Phi) is 42.9. The minimum absolute atomic E-state index is 0.259. The molecule has 0 radical (unpaired) electrons. The summed E-state index contributed by atoms with van der Waals surface area (Å²) < 4.78 is 11.1. The lowest BCUT2D eigenvalue weighted by Crippen LogP contribution is -2.60. The second-order valence-electron chi connectivity index (χ2n) is 20.0. The van der Waals surface area contributed by atoms with Gasteiger partial charge in [0.2, 0.25) is 5.91 Å². The number of carbonyl (C=O) groups is 1. The lowest BCUT2D eigenvalue weighted by Gasteiger charge is -2.40. The van der Waals surface area contributed by atoms with Crippen LogP contribution in [0, 0.1) is 0 Å². The number of amides is 1. The Morgan fingerprint density at radius 2 is 0.894 bits per heavy atom. The van der Waals surface area contributed by atoms with Gasteiger partial charge in [-0.25, -0.2) is 0 Å². The van der Waals surface area contributed by atoms with Crippen molar-refractivity contribution in [2.45, 2.75) is 319 Å². The van der Waals surface area contributed by atoms with E-state index in [1.54, 1.807) is 0 Å². The van der Waals surface area contributed by atoms with Crippen LogP contribution >= 0.6 is 0 Å². The first-order valence-corrected chi connectivity index (χ1v) is 28.1. The summed E-state index contributed by atoms with van der Waals surface area (Å²) >= 11 is 0. The zero-order valence-electron chi connectivity index (χ0n) is 42.7. The third-order valence-corrected chi connectivity index (χ3v) is 13.8. The molecular formula is C55H107NO10. The van der Waals surface area contributed by atoms with Gasteiger partial charge >= 0.3 is 0 Å². The quantitative estimate of drug-likeness (QED) is 0.0215. The Hall–Kier alpha value is -1.15. The van der Waals surface area contributed by atoms with E-state index in [9.17, 15) is 40.5 Å². The van der Waals surface area contributed by atoms with Crippen LogP contribution in [-0.4, -0.2) is 110 Å². The Morgan fingerprint density at radius 1 is 0.515 bits per heavy atom.